The van der Waals surface area contributed by atoms with Crippen LogP contribution in [0, 0.1) is 12.8 Å². The lowest BCUT2D eigenvalue weighted by Crippen LogP contribution is -2.49. The summed E-state index contributed by atoms with van der Waals surface area (Å²) in [5.41, 5.74) is 1.68. The number of hydrogen-bond donors (Lipinski definition) is 0. The number of benzene rings is 1. The van der Waals surface area contributed by atoms with Gasteiger partial charge in [0, 0.05) is 38.3 Å². The third kappa shape index (κ3) is 4.48. The number of amides is 1. The van der Waals surface area contributed by atoms with Crippen LogP contribution in [0.3, 0.4) is 0 Å². The van der Waals surface area contributed by atoms with Gasteiger partial charge in [-0.25, -0.2) is 4.98 Å². The first-order valence-corrected chi connectivity index (χ1v) is 9.05. The van der Waals surface area contributed by atoms with Crippen LogP contribution < -0.4 is 0 Å². The SMILES string of the molecule is Cc1oc(-c2ccccc2)nc1CC(=O)N1CCN(CC(C)C)CC1. The van der Waals surface area contributed by atoms with Gasteiger partial charge in [0.15, 0.2) is 0 Å². The van der Waals surface area contributed by atoms with Crippen LogP contribution in [0.4, 0.5) is 0 Å². The normalized spacial score (nSPS) is 15.8. The maximum atomic E-state index is 12.6. The molecule has 1 aromatic carbocycles. The Bertz CT molecular complexity index is 701. The number of piperazine rings is 1. The standard InChI is InChI=1S/C20H27N3O2/c1-15(2)14-22-9-11-23(12-10-22)19(24)13-18-16(3)25-20(21-18)17-7-5-4-6-8-17/h4-8,15H,9-14H2,1-3H3. The van der Waals surface area contributed by atoms with Crippen LogP contribution >= 0.6 is 0 Å². The van der Waals surface area contributed by atoms with Crippen LogP contribution in [0.25, 0.3) is 11.5 Å². The van der Waals surface area contributed by atoms with Gasteiger partial charge in [-0.15, -0.1) is 0 Å². The number of aromatic nitrogens is 1. The smallest absolute Gasteiger partial charge is 0.228 e. The average molecular weight is 341 g/mol. The predicted octanol–water partition coefficient (Wildman–Crippen LogP) is 2.99. The van der Waals surface area contributed by atoms with Gasteiger partial charge in [-0.05, 0) is 25.0 Å². The summed E-state index contributed by atoms with van der Waals surface area (Å²) in [4.78, 5) is 21.6. The van der Waals surface area contributed by atoms with Gasteiger partial charge in [0.25, 0.3) is 0 Å². The number of rotatable bonds is 5. The molecule has 134 valence electrons. The molecular formula is C20H27N3O2. The number of carbonyl (C=O) groups excluding carboxylic acids is 1. The Morgan fingerprint density at radius 3 is 2.48 bits per heavy atom. The highest BCUT2D eigenvalue weighted by Crippen LogP contribution is 2.22. The average Bonchev–Trinajstić information content (AvgIpc) is 2.96. The van der Waals surface area contributed by atoms with Gasteiger partial charge in [-0.3, -0.25) is 9.69 Å². The quantitative estimate of drug-likeness (QED) is 0.839. The van der Waals surface area contributed by atoms with Gasteiger partial charge in [-0.2, -0.15) is 0 Å². The van der Waals surface area contributed by atoms with Crippen molar-refractivity contribution in [1.82, 2.24) is 14.8 Å². The van der Waals surface area contributed by atoms with E-state index in [1.54, 1.807) is 0 Å². The second-order valence-corrected chi connectivity index (χ2v) is 7.14. The molecule has 25 heavy (non-hydrogen) atoms. The Balaban J connectivity index is 1.60. The van der Waals surface area contributed by atoms with E-state index >= 15 is 0 Å². The zero-order valence-corrected chi connectivity index (χ0v) is 15.4. The van der Waals surface area contributed by atoms with E-state index in [1.165, 1.54) is 0 Å². The van der Waals surface area contributed by atoms with Gasteiger partial charge in [0.1, 0.15) is 5.76 Å². The van der Waals surface area contributed by atoms with Crippen LogP contribution in [0.2, 0.25) is 0 Å². The molecule has 0 aliphatic carbocycles. The Hall–Kier alpha value is -2.14. The molecule has 5 heteroatoms. The van der Waals surface area contributed by atoms with E-state index in [1.807, 2.05) is 42.2 Å². The van der Waals surface area contributed by atoms with Crippen molar-refractivity contribution in [3.05, 3.63) is 41.8 Å². The summed E-state index contributed by atoms with van der Waals surface area (Å²) in [6.45, 7) is 11.0. The minimum Gasteiger partial charge on any atom is -0.441 e. The summed E-state index contributed by atoms with van der Waals surface area (Å²) in [6, 6.07) is 9.80. The molecule has 0 atom stereocenters. The van der Waals surface area contributed by atoms with Crippen molar-refractivity contribution in [2.45, 2.75) is 27.2 Å². The molecule has 1 aliphatic heterocycles. The highest BCUT2D eigenvalue weighted by molar-refractivity contribution is 5.78. The van der Waals surface area contributed by atoms with Gasteiger partial charge in [-0.1, -0.05) is 32.0 Å². The molecule has 2 aromatic rings. The predicted molar refractivity (Wildman–Crippen MR) is 98.2 cm³/mol. The first kappa shape index (κ1) is 17.7. The Labute approximate surface area is 149 Å². The molecule has 1 saturated heterocycles. The van der Waals surface area contributed by atoms with Crippen LogP contribution in [-0.2, 0) is 11.2 Å². The number of hydrogen-bond acceptors (Lipinski definition) is 4. The fourth-order valence-electron chi connectivity index (χ4n) is 3.25. The van der Waals surface area contributed by atoms with Gasteiger partial charge >= 0.3 is 0 Å². The minimum absolute atomic E-state index is 0.139. The zero-order valence-electron chi connectivity index (χ0n) is 15.4. The monoisotopic (exact) mass is 341 g/mol. The van der Waals surface area contributed by atoms with Crippen LogP contribution in [0.5, 0.6) is 0 Å². The van der Waals surface area contributed by atoms with E-state index < -0.39 is 0 Å². The third-order valence-electron chi connectivity index (χ3n) is 4.58. The van der Waals surface area contributed by atoms with Crippen molar-refractivity contribution >= 4 is 5.91 Å². The summed E-state index contributed by atoms with van der Waals surface area (Å²) in [7, 11) is 0. The minimum atomic E-state index is 0.139. The number of aryl methyl sites for hydroxylation is 1. The maximum absolute atomic E-state index is 12.6. The molecule has 0 unspecified atom stereocenters. The fourth-order valence-corrected chi connectivity index (χ4v) is 3.25. The first-order valence-electron chi connectivity index (χ1n) is 9.05. The summed E-state index contributed by atoms with van der Waals surface area (Å²) in [5.74, 6) is 2.12. The van der Waals surface area contributed by atoms with Gasteiger partial charge < -0.3 is 9.32 Å². The molecule has 3 rings (SSSR count). The number of nitrogens with zero attached hydrogens (tertiary/aromatic N) is 3. The summed E-state index contributed by atoms with van der Waals surface area (Å²) in [5, 5.41) is 0. The number of oxazole rings is 1. The van der Waals surface area contributed by atoms with Crippen molar-refractivity contribution in [1.29, 1.82) is 0 Å². The number of carbonyl (C=O) groups is 1. The third-order valence-corrected chi connectivity index (χ3v) is 4.58. The molecule has 0 saturated carbocycles. The van der Waals surface area contributed by atoms with Crippen molar-refractivity contribution in [3.8, 4) is 11.5 Å². The lowest BCUT2D eigenvalue weighted by atomic mass is 10.2. The Kier molecular flexibility index (Phi) is 5.53. The van der Waals surface area contributed by atoms with Gasteiger partial charge in [0.2, 0.25) is 11.8 Å². The summed E-state index contributed by atoms with van der Waals surface area (Å²) in [6.07, 6.45) is 0.312. The van der Waals surface area contributed by atoms with Crippen molar-refractivity contribution in [2.75, 3.05) is 32.7 Å². The van der Waals surface area contributed by atoms with Crippen LogP contribution in [0.15, 0.2) is 34.7 Å². The summed E-state index contributed by atoms with van der Waals surface area (Å²) < 4.78 is 5.76. The molecule has 0 bridgehead atoms. The van der Waals surface area contributed by atoms with Crippen molar-refractivity contribution in [3.63, 3.8) is 0 Å². The molecule has 2 heterocycles. The van der Waals surface area contributed by atoms with E-state index in [0.717, 1.165) is 49.7 Å². The Morgan fingerprint density at radius 1 is 1.16 bits per heavy atom. The molecule has 0 N–H and O–H groups in total. The van der Waals surface area contributed by atoms with E-state index in [-0.39, 0.29) is 5.91 Å². The van der Waals surface area contributed by atoms with Crippen LogP contribution in [0.1, 0.15) is 25.3 Å². The molecule has 0 radical (unpaired) electrons. The van der Waals surface area contributed by atoms with Gasteiger partial charge in [0.05, 0.1) is 12.1 Å². The van der Waals surface area contributed by atoms with E-state index in [9.17, 15) is 4.79 Å². The van der Waals surface area contributed by atoms with Crippen LogP contribution in [-0.4, -0.2) is 53.4 Å². The largest absolute Gasteiger partial charge is 0.441 e. The maximum Gasteiger partial charge on any atom is 0.228 e. The molecule has 1 aliphatic rings. The highest BCUT2D eigenvalue weighted by Gasteiger charge is 2.23. The first-order chi connectivity index (χ1) is 12.0. The van der Waals surface area contributed by atoms with E-state index in [2.05, 4.69) is 23.7 Å². The lowest BCUT2D eigenvalue weighted by molar-refractivity contribution is -0.132. The highest BCUT2D eigenvalue weighted by atomic mass is 16.4. The zero-order chi connectivity index (χ0) is 17.8. The Morgan fingerprint density at radius 2 is 1.84 bits per heavy atom. The second-order valence-electron chi connectivity index (χ2n) is 7.14. The van der Waals surface area contributed by atoms with Crippen molar-refractivity contribution < 1.29 is 9.21 Å². The molecular weight excluding hydrogens is 314 g/mol. The molecule has 5 nitrogen and oxygen atoms in total. The lowest BCUT2D eigenvalue weighted by Gasteiger charge is -2.35. The molecule has 0 spiro atoms. The molecule has 1 aromatic heterocycles. The summed E-state index contributed by atoms with van der Waals surface area (Å²) >= 11 is 0. The van der Waals surface area contributed by atoms with E-state index in [4.69, 9.17) is 4.42 Å². The fraction of sp³-hybridized carbons (Fsp3) is 0.500. The van der Waals surface area contributed by atoms with E-state index in [0.29, 0.717) is 18.2 Å². The molecule has 1 amide bonds. The van der Waals surface area contributed by atoms with Crippen molar-refractivity contribution in [2.24, 2.45) is 5.92 Å². The topological polar surface area (TPSA) is 49.6 Å². The second kappa shape index (κ2) is 7.83. The molecule has 1 fully saturated rings.